The lowest BCUT2D eigenvalue weighted by atomic mass is 10.0. The van der Waals surface area contributed by atoms with Gasteiger partial charge in [-0.05, 0) is 33.1 Å². The molecule has 0 saturated heterocycles. The first-order valence-electron chi connectivity index (χ1n) is 7.65. The van der Waals surface area contributed by atoms with Crippen LogP contribution in [0, 0.1) is 5.92 Å². The lowest BCUT2D eigenvalue weighted by Crippen LogP contribution is -2.18. The van der Waals surface area contributed by atoms with E-state index >= 15 is 0 Å². The highest BCUT2D eigenvalue weighted by Crippen LogP contribution is 2.16. The van der Waals surface area contributed by atoms with Crippen molar-refractivity contribution in [2.45, 2.75) is 91.8 Å². The third kappa shape index (κ3) is 9.64. The van der Waals surface area contributed by atoms with Gasteiger partial charge in [-0.3, -0.25) is 4.79 Å². The first kappa shape index (κ1) is 17.6. The molecule has 0 aliphatic rings. The zero-order chi connectivity index (χ0) is 14.0. The molecule has 2 heteroatoms. The smallest absolute Gasteiger partial charge is 0.135 e. The third-order valence-corrected chi connectivity index (χ3v) is 3.19. The second-order valence-electron chi connectivity index (χ2n) is 5.82. The fourth-order valence-electron chi connectivity index (χ4n) is 2.06. The van der Waals surface area contributed by atoms with Crippen LogP contribution >= 0.6 is 0 Å². The Bertz CT molecular complexity index is 209. The second kappa shape index (κ2) is 10.5. The average Bonchev–Trinajstić information content (AvgIpc) is 2.29. The first-order valence-corrected chi connectivity index (χ1v) is 7.65. The van der Waals surface area contributed by atoms with E-state index in [-0.39, 0.29) is 5.92 Å². The van der Waals surface area contributed by atoms with Crippen LogP contribution in [0.15, 0.2) is 0 Å². The normalized spacial score (nSPS) is 13.3. The molecule has 0 bridgehead atoms. The molecular formula is C16H32O2. The summed E-state index contributed by atoms with van der Waals surface area (Å²) in [5.41, 5.74) is 0. The first-order chi connectivity index (χ1) is 8.47. The molecule has 0 fully saturated rings. The quantitative estimate of drug-likeness (QED) is 0.498. The lowest BCUT2D eigenvalue weighted by molar-refractivity contribution is -0.122. The van der Waals surface area contributed by atoms with Crippen LogP contribution in [0.1, 0.15) is 79.6 Å². The van der Waals surface area contributed by atoms with Crippen LogP contribution in [0.5, 0.6) is 0 Å². The molecule has 1 atom stereocenters. The van der Waals surface area contributed by atoms with E-state index in [1.807, 2.05) is 13.8 Å². The second-order valence-corrected chi connectivity index (χ2v) is 5.82. The topological polar surface area (TPSA) is 26.3 Å². The van der Waals surface area contributed by atoms with Gasteiger partial charge in [0.05, 0.1) is 12.2 Å². The zero-order valence-corrected chi connectivity index (χ0v) is 13.0. The molecular weight excluding hydrogens is 224 g/mol. The van der Waals surface area contributed by atoms with E-state index in [1.54, 1.807) is 0 Å². The highest BCUT2D eigenvalue weighted by atomic mass is 16.5. The third-order valence-electron chi connectivity index (χ3n) is 3.19. The summed E-state index contributed by atoms with van der Waals surface area (Å²) in [5, 5.41) is 0. The maximum Gasteiger partial charge on any atom is 0.135 e. The largest absolute Gasteiger partial charge is 0.376 e. The predicted octanol–water partition coefficient (Wildman–Crippen LogP) is 4.76. The molecule has 0 amide bonds. The van der Waals surface area contributed by atoms with E-state index < -0.39 is 0 Å². The van der Waals surface area contributed by atoms with E-state index in [0.29, 0.717) is 18.0 Å². The van der Waals surface area contributed by atoms with E-state index in [4.69, 9.17) is 4.74 Å². The van der Waals surface area contributed by atoms with Crippen molar-refractivity contribution in [2.75, 3.05) is 0 Å². The van der Waals surface area contributed by atoms with Gasteiger partial charge < -0.3 is 4.74 Å². The van der Waals surface area contributed by atoms with Gasteiger partial charge in [0, 0.05) is 12.3 Å². The molecule has 0 aromatic heterocycles. The summed E-state index contributed by atoms with van der Waals surface area (Å²) in [6, 6.07) is 0. The number of hydrogen-bond donors (Lipinski definition) is 0. The molecule has 0 radical (unpaired) electrons. The maximum absolute atomic E-state index is 11.5. The van der Waals surface area contributed by atoms with Gasteiger partial charge >= 0.3 is 0 Å². The van der Waals surface area contributed by atoms with Crippen LogP contribution in [0.25, 0.3) is 0 Å². The minimum atomic E-state index is 0.188. The number of hydrogen-bond acceptors (Lipinski definition) is 2. The average molecular weight is 256 g/mol. The maximum atomic E-state index is 11.5. The summed E-state index contributed by atoms with van der Waals surface area (Å²) in [7, 11) is 0. The highest BCUT2D eigenvalue weighted by molar-refractivity contribution is 5.80. The Hall–Kier alpha value is -0.370. The lowest BCUT2D eigenvalue weighted by Gasteiger charge is -2.20. The van der Waals surface area contributed by atoms with Crippen molar-refractivity contribution in [3.05, 3.63) is 0 Å². The van der Waals surface area contributed by atoms with Crippen LogP contribution in [-0.4, -0.2) is 18.0 Å². The molecule has 0 heterocycles. The van der Waals surface area contributed by atoms with Crippen LogP contribution in [0.3, 0.4) is 0 Å². The Kier molecular flexibility index (Phi) is 10.3. The monoisotopic (exact) mass is 256 g/mol. The molecule has 0 spiro atoms. The predicted molar refractivity (Wildman–Crippen MR) is 77.8 cm³/mol. The van der Waals surface area contributed by atoms with Crippen molar-refractivity contribution < 1.29 is 9.53 Å². The van der Waals surface area contributed by atoms with Crippen molar-refractivity contribution in [2.24, 2.45) is 5.92 Å². The number of carbonyl (C=O) groups excluding carboxylic acids is 1. The molecule has 0 saturated carbocycles. The zero-order valence-electron chi connectivity index (χ0n) is 13.0. The van der Waals surface area contributed by atoms with E-state index in [2.05, 4.69) is 20.8 Å². The number of Topliss-reactive ketones (excluding diaryl/α,β-unsaturated/α-hetero) is 1. The van der Waals surface area contributed by atoms with E-state index in [1.165, 1.54) is 12.8 Å². The summed E-state index contributed by atoms with van der Waals surface area (Å²) < 4.78 is 5.92. The van der Waals surface area contributed by atoms with Gasteiger partial charge in [-0.25, -0.2) is 0 Å². The van der Waals surface area contributed by atoms with Gasteiger partial charge in [-0.1, -0.05) is 40.0 Å². The van der Waals surface area contributed by atoms with Crippen molar-refractivity contribution >= 4 is 5.78 Å². The molecule has 0 aromatic rings. The fourth-order valence-corrected chi connectivity index (χ4v) is 2.06. The molecule has 0 rings (SSSR count). The summed E-state index contributed by atoms with van der Waals surface area (Å²) in [4.78, 5) is 11.5. The summed E-state index contributed by atoms with van der Waals surface area (Å²) in [5.74, 6) is 0.581. The SMILES string of the molecule is CCCCC(CCCCC(=O)C(C)C)OC(C)C. The molecule has 108 valence electrons. The standard InChI is InChI=1S/C16H32O2/c1-6-7-10-15(18-14(4)5)11-8-9-12-16(17)13(2)3/h13-15H,6-12H2,1-5H3. The van der Waals surface area contributed by atoms with Crippen LogP contribution in [0.4, 0.5) is 0 Å². The summed E-state index contributed by atoms with van der Waals surface area (Å²) in [6.07, 6.45) is 8.28. The number of unbranched alkanes of at least 4 members (excludes halogenated alkanes) is 2. The molecule has 18 heavy (non-hydrogen) atoms. The molecule has 0 aliphatic carbocycles. The van der Waals surface area contributed by atoms with E-state index in [9.17, 15) is 4.79 Å². The van der Waals surface area contributed by atoms with Gasteiger partial charge in [-0.15, -0.1) is 0 Å². The number of ether oxygens (including phenoxy) is 1. The van der Waals surface area contributed by atoms with E-state index in [0.717, 1.165) is 32.1 Å². The van der Waals surface area contributed by atoms with Gasteiger partial charge in [0.1, 0.15) is 5.78 Å². The molecule has 0 aromatic carbocycles. The number of rotatable bonds is 11. The summed E-state index contributed by atoms with van der Waals surface area (Å²) in [6.45, 7) is 10.4. The molecule has 0 N–H and O–H groups in total. The van der Waals surface area contributed by atoms with Crippen molar-refractivity contribution in [1.82, 2.24) is 0 Å². The Morgan fingerprint density at radius 1 is 1.00 bits per heavy atom. The van der Waals surface area contributed by atoms with Crippen molar-refractivity contribution in [3.63, 3.8) is 0 Å². The van der Waals surface area contributed by atoms with Crippen LogP contribution < -0.4 is 0 Å². The molecule has 2 nitrogen and oxygen atoms in total. The number of carbonyl (C=O) groups is 1. The minimum Gasteiger partial charge on any atom is -0.376 e. The van der Waals surface area contributed by atoms with Gasteiger partial charge in [0.15, 0.2) is 0 Å². The Balaban J connectivity index is 3.77. The van der Waals surface area contributed by atoms with Crippen molar-refractivity contribution in [1.29, 1.82) is 0 Å². The van der Waals surface area contributed by atoms with Crippen molar-refractivity contribution in [3.8, 4) is 0 Å². The van der Waals surface area contributed by atoms with Gasteiger partial charge in [0.25, 0.3) is 0 Å². The van der Waals surface area contributed by atoms with Crippen LogP contribution in [-0.2, 0) is 9.53 Å². The summed E-state index contributed by atoms with van der Waals surface area (Å²) >= 11 is 0. The van der Waals surface area contributed by atoms with Gasteiger partial charge in [-0.2, -0.15) is 0 Å². The minimum absolute atomic E-state index is 0.188. The van der Waals surface area contributed by atoms with Crippen LogP contribution in [0.2, 0.25) is 0 Å². The highest BCUT2D eigenvalue weighted by Gasteiger charge is 2.11. The fraction of sp³-hybridized carbons (Fsp3) is 0.938. The molecule has 0 aliphatic heterocycles. The van der Waals surface area contributed by atoms with Gasteiger partial charge in [0.2, 0.25) is 0 Å². The Labute approximate surface area is 113 Å². The Morgan fingerprint density at radius 2 is 1.61 bits per heavy atom. The number of ketones is 1. The Morgan fingerprint density at radius 3 is 2.11 bits per heavy atom. The molecule has 1 unspecified atom stereocenters.